The van der Waals surface area contributed by atoms with Crippen LogP contribution in [-0.4, -0.2) is 24.0 Å². The minimum atomic E-state index is -0.130. The lowest BCUT2D eigenvalue weighted by Gasteiger charge is -2.32. The Morgan fingerprint density at radius 1 is 1.23 bits per heavy atom. The molecule has 0 saturated carbocycles. The molecular weight excluding hydrogens is 384 g/mol. The zero-order valence-electron chi connectivity index (χ0n) is 19.6. The summed E-state index contributed by atoms with van der Waals surface area (Å²) >= 11 is 0. The van der Waals surface area contributed by atoms with Crippen LogP contribution < -0.4 is 10.1 Å². The van der Waals surface area contributed by atoms with E-state index in [1.807, 2.05) is 31.2 Å². The third kappa shape index (κ3) is 8.79. The summed E-state index contributed by atoms with van der Waals surface area (Å²) in [5, 5.41) is 2.82. The predicted octanol–water partition coefficient (Wildman–Crippen LogP) is 6.11. The van der Waals surface area contributed by atoms with Gasteiger partial charge in [-0.2, -0.15) is 0 Å². The molecule has 1 aromatic heterocycles. The SMILES string of the molecule is CC(C=CC1=C(C)CCCC1(C)C)=CC=CC(C)=CC(=O)NCCOc1ccccn1. The van der Waals surface area contributed by atoms with Crippen molar-refractivity contribution in [2.45, 2.75) is 53.9 Å². The number of pyridine rings is 1. The zero-order valence-corrected chi connectivity index (χ0v) is 19.6. The number of carbonyl (C=O) groups excluding carboxylic acids is 1. The number of aromatic nitrogens is 1. The van der Waals surface area contributed by atoms with E-state index in [1.165, 1.54) is 36.0 Å². The first-order valence-corrected chi connectivity index (χ1v) is 11.0. The van der Waals surface area contributed by atoms with Gasteiger partial charge in [-0.1, -0.05) is 61.4 Å². The molecule has 0 spiro atoms. The summed E-state index contributed by atoms with van der Waals surface area (Å²) in [5.74, 6) is 0.426. The van der Waals surface area contributed by atoms with E-state index in [9.17, 15) is 4.79 Å². The van der Waals surface area contributed by atoms with Crippen LogP contribution in [0.1, 0.15) is 53.9 Å². The van der Waals surface area contributed by atoms with Crippen LogP contribution in [0.4, 0.5) is 0 Å². The molecule has 1 heterocycles. The van der Waals surface area contributed by atoms with Gasteiger partial charge in [0.1, 0.15) is 6.61 Å². The minimum Gasteiger partial charge on any atom is -0.476 e. The summed E-state index contributed by atoms with van der Waals surface area (Å²) < 4.78 is 5.46. The molecule has 31 heavy (non-hydrogen) atoms. The van der Waals surface area contributed by atoms with E-state index in [-0.39, 0.29) is 11.3 Å². The molecule has 0 bridgehead atoms. The molecule has 4 heteroatoms. The third-order valence-corrected chi connectivity index (χ3v) is 5.42. The number of allylic oxidation sites excluding steroid dienone is 9. The van der Waals surface area contributed by atoms with Crippen molar-refractivity contribution in [1.29, 1.82) is 0 Å². The molecule has 1 aliphatic carbocycles. The van der Waals surface area contributed by atoms with Crippen molar-refractivity contribution < 1.29 is 9.53 Å². The van der Waals surface area contributed by atoms with Gasteiger partial charge in [0.05, 0.1) is 6.54 Å². The van der Waals surface area contributed by atoms with Gasteiger partial charge in [0, 0.05) is 18.3 Å². The van der Waals surface area contributed by atoms with E-state index in [2.05, 4.69) is 56.2 Å². The lowest BCUT2D eigenvalue weighted by atomic mass is 9.72. The van der Waals surface area contributed by atoms with Crippen LogP contribution in [0.2, 0.25) is 0 Å². The molecule has 2 rings (SSSR count). The lowest BCUT2D eigenvalue weighted by Crippen LogP contribution is -2.26. The summed E-state index contributed by atoms with van der Waals surface area (Å²) in [7, 11) is 0. The number of rotatable bonds is 9. The van der Waals surface area contributed by atoms with Crippen LogP contribution in [-0.2, 0) is 4.79 Å². The van der Waals surface area contributed by atoms with Crippen LogP contribution in [0.5, 0.6) is 5.88 Å². The summed E-state index contributed by atoms with van der Waals surface area (Å²) in [6.07, 6.45) is 17.4. The molecule has 1 aliphatic rings. The fourth-order valence-electron chi connectivity index (χ4n) is 3.70. The average Bonchev–Trinajstić information content (AvgIpc) is 2.71. The quantitative estimate of drug-likeness (QED) is 0.298. The molecule has 0 atom stereocenters. The Morgan fingerprint density at radius 3 is 2.74 bits per heavy atom. The second-order valence-corrected chi connectivity index (χ2v) is 8.73. The number of hydrogen-bond donors (Lipinski definition) is 1. The fraction of sp³-hybridized carbons (Fsp3) is 0.407. The van der Waals surface area contributed by atoms with E-state index in [0.29, 0.717) is 19.0 Å². The molecular formula is C27H36N2O2. The van der Waals surface area contributed by atoms with Gasteiger partial charge in [0.25, 0.3) is 0 Å². The van der Waals surface area contributed by atoms with Crippen molar-refractivity contribution in [3.8, 4) is 5.88 Å². The van der Waals surface area contributed by atoms with Crippen molar-refractivity contribution in [2.75, 3.05) is 13.2 Å². The Hall–Kier alpha value is -2.88. The third-order valence-electron chi connectivity index (χ3n) is 5.42. The van der Waals surface area contributed by atoms with E-state index in [1.54, 1.807) is 18.3 Å². The van der Waals surface area contributed by atoms with Crippen LogP contribution in [0, 0.1) is 5.41 Å². The molecule has 0 radical (unpaired) electrons. The number of ether oxygens (including phenoxy) is 1. The zero-order chi connectivity index (χ0) is 22.7. The first-order chi connectivity index (χ1) is 14.8. The summed E-state index contributed by atoms with van der Waals surface area (Å²) in [6.45, 7) is 11.7. The largest absolute Gasteiger partial charge is 0.476 e. The highest BCUT2D eigenvalue weighted by atomic mass is 16.5. The van der Waals surface area contributed by atoms with Crippen molar-refractivity contribution >= 4 is 5.91 Å². The van der Waals surface area contributed by atoms with E-state index in [0.717, 1.165) is 5.57 Å². The Labute approximate surface area is 187 Å². The van der Waals surface area contributed by atoms with Crippen LogP contribution in [0.3, 0.4) is 0 Å². The first-order valence-electron chi connectivity index (χ1n) is 11.0. The molecule has 0 aliphatic heterocycles. The van der Waals surface area contributed by atoms with Crippen molar-refractivity contribution in [1.82, 2.24) is 10.3 Å². The van der Waals surface area contributed by atoms with Gasteiger partial charge >= 0.3 is 0 Å². The van der Waals surface area contributed by atoms with Crippen molar-refractivity contribution in [3.63, 3.8) is 0 Å². The molecule has 0 unspecified atom stereocenters. The fourth-order valence-corrected chi connectivity index (χ4v) is 3.70. The highest BCUT2D eigenvalue weighted by Gasteiger charge is 2.26. The Bertz CT molecular complexity index is 887. The van der Waals surface area contributed by atoms with Gasteiger partial charge in [-0.15, -0.1) is 0 Å². The topological polar surface area (TPSA) is 51.2 Å². The van der Waals surface area contributed by atoms with E-state index < -0.39 is 0 Å². The number of nitrogens with zero attached hydrogens (tertiary/aromatic N) is 1. The average molecular weight is 421 g/mol. The number of carbonyl (C=O) groups is 1. The Morgan fingerprint density at radius 2 is 2.03 bits per heavy atom. The standard InChI is InChI=1S/C27H36N2O2/c1-21(14-15-24-23(3)12-9-16-27(24,4)5)10-8-11-22(2)20-25(30)28-18-19-31-26-13-6-7-17-29-26/h6-8,10-11,13-15,17,20H,9,12,16,18-19H2,1-5H3,(H,28,30). The van der Waals surface area contributed by atoms with Crippen LogP contribution in [0.25, 0.3) is 0 Å². The summed E-state index contributed by atoms with van der Waals surface area (Å²) in [5.41, 5.74) is 5.30. The monoisotopic (exact) mass is 420 g/mol. The Balaban J connectivity index is 1.80. The molecule has 1 amide bonds. The first kappa shape index (κ1) is 24.4. The molecule has 0 aromatic carbocycles. The highest BCUT2D eigenvalue weighted by Crippen LogP contribution is 2.40. The van der Waals surface area contributed by atoms with Crippen molar-refractivity contribution in [2.24, 2.45) is 5.41 Å². The molecule has 4 nitrogen and oxygen atoms in total. The maximum absolute atomic E-state index is 12.0. The molecule has 166 valence electrons. The number of amides is 1. The van der Waals surface area contributed by atoms with E-state index >= 15 is 0 Å². The smallest absolute Gasteiger partial charge is 0.244 e. The molecule has 1 N–H and O–H groups in total. The van der Waals surface area contributed by atoms with Gasteiger partial charge in [-0.05, 0) is 62.7 Å². The van der Waals surface area contributed by atoms with Crippen LogP contribution in [0.15, 0.2) is 83.1 Å². The maximum atomic E-state index is 12.0. The highest BCUT2D eigenvalue weighted by molar-refractivity contribution is 5.88. The van der Waals surface area contributed by atoms with Gasteiger partial charge in [-0.3, -0.25) is 4.79 Å². The summed E-state index contributed by atoms with van der Waals surface area (Å²) in [4.78, 5) is 16.1. The molecule has 0 saturated heterocycles. The minimum absolute atomic E-state index is 0.130. The normalized spacial score (nSPS) is 17.5. The van der Waals surface area contributed by atoms with Gasteiger partial charge in [0.2, 0.25) is 11.8 Å². The van der Waals surface area contributed by atoms with Crippen molar-refractivity contribution in [3.05, 3.63) is 83.1 Å². The second-order valence-electron chi connectivity index (χ2n) is 8.73. The molecule has 1 aromatic rings. The van der Waals surface area contributed by atoms with Gasteiger partial charge in [-0.25, -0.2) is 4.98 Å². The number of nitrogens with one attached hydrogen (secondary N) is 1. The van der Waals surface area contributed by atoms with Crippen LogP contribution >= 0.6 is 0 Å². The van der Waals surface area contributed by atoms with E-state index in [4.69, 9.17) is 4.74 Å². The second kappa shape index (κ2) is 12.1. The molecule has 0 fully saturated rings. The Kier molecular flexibility index (Phi) is 9.51. The van der Waals surface area contributed by atoms with Gasteiger partial charge in [0.15, 0.2) is 0 Å². The maximum Gasteiger partial charge on any atom is 0.244 e. The lowest BCUT2D eigenvalue weighted by molar-refractivity contribution is -0.116. The van der Waals surface area contributed by atoms with Gasteiger partial charge < -0.3 is 10.1 Å². The predicted molar refractivity (Wildman–Crippen MR) is 129 cm³/mol. The number of hydrogen-bond acceptors (Lipinski definition) is 3. The summed E-state index contributed by atoms with van der Waals surface area (Å²) in [6, 6.07) is 5.48.